The molecule has 0 saturated heterocycles. The van der Waals surface area contributed by atoms with Gasteiger partial charge in [-0.15, -0.1) is 0 Å². The third kappa shape index (κ3) is 6.11. The van der Waals surface area contributed by atoms with Crippen LogP contribution in [0.3, 0.4) is 0 Å². The smallest absolute Gasteiger partial charge is 0.241 e. The molecular weight excluding hydrogens is 1030 g/mol. The van der Waals surface area contributed by atoms with Gasteiger partial charge in [0.25, 0.3) is 0 Å². The standard InChI is InChI=1S/C74H44N10/c1-11-31-57-46(21-1)47-22-2-12-32-58(47)80(57)68-43-45(44-69(75-68)81-59-33-13-3-23-48(59)49-24-4-14-34-60(49)81)79-66-40-20-10-30-56(66)70-67(79)42-41-55-54-29-9-19-39-65(54)84(71(55)70)74-77-72(82-61-35-15-5-25-50(61)51-26-6-16-36-62(51)82)76-73(78-74)83-63-37-17-7-27-52(63)53-28-8-18-38-64(53)83/h1-44H. The van der Waals surface area contributed by atoms with Crippen molar-refractivity contribution in [3.05, 3.63) is 267 Å². The molecule has 0 atom stereocenters. The van der Waals surface area contributed by atoms with Crippen LogP contribution in [0.4, 0.5) is 0 Å². The minimum Gasteiger partial charge on any atom is -0.309 e. The Kier molecular flexibility index (Phi) is 9.12. The molecule has 11 aromatic carbocycles. The van der Waals surface area contributed by atoms with Gasteiger partial charge in [-0.1, -0.05) is 188 Å². The van der Waals surface area contributed by atoms with Crippen LogP contribution < -0.4 is 0 Å². The monoisotopic (exact) mass is 1070 g/mol. The Morgan fingerprint density at radius 2 is 0.452 bits per heavy atom. The van der Waals surface area contributed by atoms with Gasteiger partial charge in [0.1, 0.15) is 11.6 Å². The summed E-state index contributed by atoms with van der Waals surface area (Å²) in [5.74, 6) is 3.15. The molecule has 8 aromatic heterocycles. The van der Waals surface area contributed by atoms with Gasteiger partial charge in [0, 0.05) is 76.8 Å². The first-order chi connectivity index (χ1) is 41.7. The van der Waals surface area contributed by atoms with E-state index < -0.39 is 0 Å². The lowest BCUT2D eigenvalue weighted by molar-refractivity contribution is 0.848. The van der Waals surface area contributed by atoms with Gasteiger partial charge in [-0.05, 0) is 66.7 Å². The Bertz CT molecular complexity index is 5540. The van der Waals surface area contributed by atoms with Crippen molar-refractivity contribution in [1.29, 1.82) is 0 Å². The third-order valence-electron chi connectivity index (χ3n) is 17.5. The number of aromatic nitrogens is 10. The molecule has 0 aliphatic carbocycles. The molecule has 0 aliphatic rings. The van der Waals surface area contributed by atoms with Gasteiger partial charge in [-0.3, -0.25) is 22.8 Å². The minimum atomic E-state index is 0.500. The molecule has 19 rings (SSSR count). The highest BCUT2D eigenvalue weighted by atomic mass is 15.3. The molecule has 0 spiro atoms. The maximum atomic E-state index is 5.74. The number of hydrogen-bond acceptors (Lipinski definition) is 4. The first kappa shape index (κ1) is 45.1. The molecule has 0 N–H and O–H groups in total. The first-order valence-electron chi connectivity index (χ1n) is 28.4. The molecule has 0 fully saturated rings. The molecule has 0 amide bonds. The summed E-state index contributed by atoms with van der Waals surface area (Å²) in [6, 6.07) is 95.4. The van der Waals surface area contributed by atoms with Gasteiger partial charge < -0.3 is 4.57 Å². The second-order valence-corrected chi connectivity index (χ2v) is 21.8. The van der Waals surface area contributed by atoms with Crippen LogP contribution in [0.5, 0.6) is 0 Å². The van der Waals surface area contributed by atoms with Crippen LogP contribution in [-0.2, 0) is 0 Å². The van der Waals surface area contributed by atoms with Crippen molar-refractivity contribution in [2.75, 3.05) is 0 Å². The predicted molar refractivity (Wildman–Crippen MR) is 344 cm³/mol. The average molecular weight is 1070 g/mol. The van der Waals surface area contributed by atoms with Crippen molar-refractivity contribution in [1.82, 2.24) is 47.3 Å². The van der Waals surface area contributed by atoms with Crippen LogP contribution in [0.15, 0.2) is 267 Å². The van der Waals surface area contributed by atoms with Gasteiger partial charge in [-0.2, -0.15) is 15.0 Å². The topological polar surface area (TPSA) is 81.1 Å². The van der Waals surface area contributed by atoms with Crippen LogP contribution in [0.25, 0.3) is 166 Å². The SMILES string of the molecule is c1ccc2c(c1)c1ccccc1n2-c1cc(-n2c3ccccc3c3c2ccc2c4ccccc4n(-c4nc(-n5c6ccccc6c6ccccc65)nc(-n5c6ccccc6c6ccccc65)n4)c23)cc(-n2c3ccccc3c3ccccc32)n1. The summed E-state index contributed by atoms with van der Waals surface area (Å²) in [6.45, 7) is 0. The predicted octanol–water partition coefficient (Wildman–Crippen LogP) is 17.8. The van der Waals surface area contributed by atoms with E-state index in [9.17, 15) is 0 Å². The number of benzene rings is 11. The largest absolute Gasteiger partial charge is 0.309 e. The molecule has 8 heterocycles. The number of para-hydroxylation sites is 10. The first-order valence-corrected chi connectivity index (χ1v) is 28.4. The van der Waals surface area contributed by atoms with E-state index >= 15 is 0 Å². The number of rotatable bonds is 6. The molecule has 84 heavy (non-hydrogen) atoms. The third-order valence-corrected chi connectivity index (χ3v) is 17.5. The normalized spacial score (nSPS) is 12.3. The lowest BCUT2D eigenvalue weighted by Crippen LogP contribution is -2.13. The van der Waals surface area contributed by atoms with Gasteiger partial charge in [0.05, 0.1) is 71.9 Å². The Balaban J connectivity index is 0.945. The fourth-order valence-electron chi connectivity index (χ4n) is 14.1. The summed E-state index contributed by atoms with van der Waals surface area (Å²) in [5, 5.41) is 13.5. The van der Waals surface area contributed by atoms with E-state index in [1.54, 1.807) is 0 Å². The summed E-state index contributed by atoms with van der Waals surface area (Å²) in [5.41, 5.74) is 13.4. The number of fused-ring (bicyclic) bond motifs is 19. The molecule has 10 heteroatoms. The Labute approximate surface area is 477 Å². The maximum absolute atomic E-state index is 5.74. The van der Waals surface area contributed by atoms with E-state index in [0.717, 1.165) is 127 Å². The van der Waals surface area contributed by atoms with Crippen molar-refractivity contribution in [2.24, 2.45) is 0 Å². The highest BCUT2D eigenvalue weighted by Gasteiger charge is 2.27. The fraction of sp³-hybridized carbons (Fsp3) is 0. The maximum Gasteiger partial charge on any atom is 0.241 e. The lowest BCUT2D eigenvalue weighted by atomic mass is 10.1. The Hall–Kier alpha value is -11.6. The highest BCUT2D eigenvalue weighted by molar-refractivity contribution is 6.26. The highest BCUT2D eigenvalue weighted by Crippen LogP contribution is 2.44. The van der Waals surface area contributed by atoms with Crippen molar-refractivity contribution in [3.63, 3.8) is 0 Å². The zero-order valence-electron chi connectivity index (χ0n) is 44.9. The van der Waals surface area contributed by atoms with E-state index in [1.165, 1.54) is 21.5 Å². The van der Waals surface area contributed by atoms with Crippen molar-refractivity contribution in [3.8, 4) is 35.2 Å². The molecule has 0 bridgehead atoms. The lowest BCUT2D eigenvalue weighted by Gasteiger charge is -2.16. The molecule has 0 saturated carbocycles. The summed E-state index contributed by atoms with van der Waals surface area (Å²) in [6.07, 6.45) is 0. The van der Waals surface area contributed by atoms with E-state index in [1.807, 2.05) is 0 Å². The zero-order valence-corrected chi connectivity index (χ0v) is 44.9. The number of nitrogens with zero attached hydrogens (tertiary/aromatic N) is 10. The van der Waals surface area contributed by atoms with Crippen LogP contribution in [0.1, 0.15) is 0 Å². The second kappa shape index (κ2) is 17.0. The number of pyridine rings is 1. The van der Waals surface area contributed by atoms with Crippen molar-refractivity contribution in [2.45, 2.75) is 0 Å². The van der Waals surface area contributed by atoms with E-state index in [-0.39, 0.29) is 0 Å². The molecule has 0 radical (unpaired) electrons. The van der Waals surface area contributed by atoms with E-state index in [0.29, 0.717) is 17.8 Å². The zero-order chi connectivity index (χ0) is 54.7. The summed E-state index contributed by atoms with van der Waals surface area (Å²) in [7, 11) is 0. The van der Waals surface area contributed by atoms with Crippen LogP contribution >= 0.6 is 0 Å². The van der Waals surface area contributed by atoms with Gasteiger partial charge in [0.15, 0.2) is 0 Å². The molecule has 390 valence electrons. The quantitative estimate of drug-likeness (QED) is 0.166. The van der Waals surface area contributed by atoms with E-state index in [4.69, 9.17) is 19.9 Å². The molecule has 10 nitrogen and oxygen atoms in total. The minimum absolute atomic E-state index is 0.500. The number of hydrogen-bond donors (Lipinski definition) is 0. The summed E-state index contributed by atoms with van der Waals surface area (Å²) in [4.78, 5) is 22.7. The Morgan fingerprint density at radius 3 is 0.798 bits per heavy atom. The molecular formula is C74H44N10. The van der Waals surface area contributed by atoms with Crippen LogP contribution in [0, 0.1) is 0 Å². The van der Waals surface area contributed by atoms with Crippen molar-refractivity contribution < 1.29 is 0 Å². The van der Waals surface area contributed by atoms with Crippen molar-refractivity contribution >= 4 is 131 Å². The van der Waals surface area contributed by atoms with Crippen LogP contribution in [-0.4, -0.2) is 47.3 Å². The van der Waals surface area contributed by atoms with E-state index in [2.05, 4.69) is 294 Å². The summed E-state index contributed by atoms with van der Waals surface area (Å²) < 4.78 is 13.8. The average Bonchev–Trinajstić information content (AvgIpc) is 1.93. The van der Waals surface area contributed by atoms with Crippen LogP contribution in [0.2, 0.25) is 0 Å². The molecule has 0 aliphatic heterocycles. The second-order valence-electron chi connectivity index (χ2n) is 21.8. The van der Waals surface area contributed by atoms with Gasteiger partial charge in [0.2, 0.25) is 17.8 Å². The Morgan fingerprint density at radius 1 is 0.190 bits per heavy atom. The van der Waals surface area contributed by atoms with Gasteiger partial charge in [-0.25, -0.2) is 4.98 Å². The fourth-order valence-corrected chi connectivity index (χ4v) is 14.1. The summed E-state index contributed by atoms with van der Waals surface area (Å²) >= 11 is 0. The molecule has 0 unspecified atom stereocenters. The van der Waals surface area contributed by atoms with Gasteiger partial charge >= 0.3 is 0 Å². The molecule has 19 aromatic rings.